The highest BCUT2D eigenvalue weighted by atomic mass is 16.5. The van der Waals surface area contributed by atoms with Gasteiger partial charge in [0.1, 0.15) is 0 Å². The first-order chi connectivity index (χ1) is 7.62. The lowest BCUT2D eigenvalue weighted by Crippen LogP contribution is -2.32. The molecule has 0 unspecified atom stereocenters. The average molecular weight is 230 g/mol. The third-order valence-electron chi connectivity index (χ3n) is 2.75. The second-order valence-electron chi connectivity index (χ2n) is 5.20. The molecule has 0 aromatic carbocycles. The van der Waals surface area contributed by atoms with Crippen LogP contribution in [0.25, 0.3) is 0 Å². The Morgan fingerprint density at radius 2 is 1.94 bits per heavy atom. The molecule has 98 valence electrons. The Balaban J connectivity index is 3.35. The molecule has 0 heterocycles. The third kappa shape index (κ3) is 10.4. The molecule has 0 bridgehead atoms. The predicted molar refractivity (Wildman–Crippen MR) is 70.7 cm³/mol. The number of hydrogen-bond acceptors (Lipinski definition) is 3. The van der Waals surface area contributed by atoms with Gasteiger partial charge in [-0.15, -0.1) is 0 Å². The van der Waals surface area contributed by atoms with Crippen LogP contribution in [-0.2, 0) is 4.74 Å². The minimum Gasteiger partial charge on any atom is -0.379 e. The van der Waals surface area contributed by atoms with Crippen LogP contribution >= 0.6 is 0 Å². The Hall–Kier alpha value is -0.120. The quantitative estimate of drug-likeness (QED) is 0.535. The van der Waals surface area contributed by atoms with Crippen LogP contribution < -0.4 is 11.1 Å². The van der Waals surface area contributed by atoms with E-state index in [1.165, 1.54) is 25.7 Å². The summed E-state index contributed by atoms with van der Waals surface area (Å²) >= 11 is 0. The van der Waals surface area contributed by atoms with Crippen LogP contribution in [0.2, 0.25) is 0 Å². The molecule has 0 aliphatic heterocycles. The molecule has 0 aromatic rings. The first kappa shape index (κ1) is 15.9. The fraction of sp³-hybridized carbons (Fsp3) is 1.00. The second-order valence-corrected chi connectivity index (χ2v) is 5.20. The van der Waals surface area contributed by atoms with E-state index < -0.39 is 0 Å². The Labute approximate surface area is 101 Å². The van der Waals surface area contributed by atoms with Crippen LogP contribution in [0.15, 0.2) is 0 Å². The molecule has 3 nitrogen and oxygen atoms in total. The molecule has 16 heavy (non-hydrogen) atoms. The predicted octanol–water partition coefficient (Wildman–Crippen LogP) is 2.16. The van der Waals surface area contributed by atoms with Crippen molar-refractivity contribution >= 4 is 0 Å². The van der Waals surface area contributed by atoms with Gasteiger partial charge >= 0.3 is 0 Å². The van der Waals surface area contributed by atoms with Crippen LogP contribution in [0, 0.1) is 5.41 Å². The summed E-state index contributed by atoms with van der Waals surface area (Å²) in [7, 11) is 0. The van der Waals surface area contributed by atoms with Gasteiger partial charge in [0.05, 0.1) is 13.2 Å². The summed E-state index contributed by atoms with van der Waals surface area (Å²) < 4.78 is 5.31. The number of nitrogens with one attached hydrogen (secondary N) is 1. The van der Waals surface area contributed by atoms with Crippen LogP contribution in [0.3, 0.4) is 0 Å². The van der Waals surface area contributed by atoms with Gasteiger partial charge < -0.3 is 15.8 Å². The van der Waals surface area contributed by atoms with Crippen LogP contribution in [-0.4, -0.2) is 32.8 Å². The summed E-state index contributed by atoms with van der Waals surface area (Å²) in [6.45, 7) is 11.0. The Morgan fingerprint density at radius 1 is 1.19 bits per heavy atom. The summed E-state index contributed by atoms with van der Waals surface area (Å²) in [4.78, 5) is 0. The van der Waals surface area contributed by atoms with E-state index in [0.717, 1.165) is 19.7 Å². The first-order valence-electron chi connectivity index (χ1n) is 6.61. The van der Waals surface area contributed by atoms with Crippen molar-refractivity contribution in [3.05, 3.63) is 0 Å². The highest BCUT2D eigenvalue weighted by Crippen LogP contribution is 2.22. The van der Waals surface area contributed by atoms with Gasteiger partial charge in [-0.05, 0) is 11.8 Å². The molecule has 0 saturated carbocycles. The van der Waals surface area contributed by atoms with Crippen molar-refractivity contribution in [1.29, 1.82) is 0 Å². The molecule has 0 radical (unpaired) electrons. The van der Waals surface area contributed by atoms with Crippen molar-refractivity contribution in [3.63, 3.8) is 0 Å². The van der Waals surface area contributed by atoms with E-state index in [-0.39, 0.29) is 0 Å². The first-order valence-corrected chi connectivity index (χ1v) is 6.61. The van der Waals surface area contributed by atoms with E-state index in [1.54, 1.807) is 0 Å². The minimum absolute atomic E-state index is 0.406. The maximum atomic E-state index is 5.34. The largest absolute Gasteiger partial charge is 0.379 e. The van der Waals surface area contributed by atoms with E-state index in [9.17, 15) is 0 Å². The fourth-order valence-corrected chi connectivity index (χ4v) is 1.70. The zero-order valence-corrected chi connectivity index (χ0v) is 11.3. The van der Waals surface area contributed by atoms with Crippen molar-refractivity contribution in [2.24, 2.45) is 11.1 Å². The third-order valence-corrected chi connectivity index (χ3v) is 2.75. The monoisotopic (exact) mass is 230 g/mol. The van der Waals surface area contributed by atoms with E-state index in [2.05, 4.69) is 26.1 Å². The van der Waals surface area contributed by atoms with Gasteiger partial charge in [-0.2, -0.15) is 0 Å². The molecule has 0 atom stereocenters. The molecule has 3 heteroatoms. The summed E-state index contributed by atoms with van der Waals surface area (Å²) in [6.07, 6.45) is 5.30. The van der Waals surface area contributed by atoms with Gasteiger partial charge in [-0.3, -0.25) is 0 Å². The van der Waals surface area contributed by atoms with E-state index in [0.29, 0.717) is 18.6 Å². The molecule has 0 spiro atoms. The zero-order valence-electron chi connectivity index (χ0n) is 11.3. The second kappa shape index (κ2) is 10.1. The molecule has 0 fully saturated rings. The number of hydrogen-bond donors (Lipinski definition) is 2. The maximum absolute atomic E-state index is 5.34. The Kier molecular flexibility index (Phi) is 9.99. The van der Waals surface area contributed by atoms with Gasteiger partial charge in [-0.25, -0.2) is 0 Å². The van der Waals surface area contributed by atoms with Crippen molar-refractivity contribution in [1.82, 2.24) is 5.32 Å². The Morgan fingerprint density at radius 3 is 2.56 bits per heavy atom. The number of rotatable bonds is 11. The van der Waals surface area contributed by atoms with E-state index >= 15 is 0 Å². The molecule has 0 aliphatic carbocycles. The normalized spacial score (nSPS) is 12.0. The lowest BCUT2D eigenvalue weighted by Gasteiger charge is -2.25. The van der Waals surface area contributed by atoms with Gasteiger partial charge in [0, 0.05) is 19.6 Å². The zero-order chi connectivity index (χ0) is 12.3. The summed E-state index contributed by atoms with van der Waals surface area (Å²) in [6, 6.07) is 0. The highest BCUT2D eigenvalue weighted by molar-refractivity contribution is 4.71. The summed E-state index contributed by atoms with van der Waals surface area (Å²) in [5, 5.41) is 3.45. The van der Waals surface area contributed by atoms with Crippen molar-refractivity contribution in [2.45, 2.75) is 46.5 Å². The van der Waals surface area contributed by atoms with E-state index in [4.69, 9.17) is 10.5 Å². The number of ether oxygens (including phenoxy) is 1. The molecule has 0 amide bonds. The SMILES string of the molecule is CCCCCC(C)(C)CNCCOCCN. The standard InChI is InChI=1S/C13H30N2O/c1-4-5-6-7-13(2,3)12-15-9-11-16-10-8-14/h15H,4-12,14H2,1-3H3. The van der Waals surface area contributed by atoms with Crippen LogP contribution in [0.5, 0.6) is 0 Å². The summed E-state index contributed by atoms with van der Waals surface area (Å²) in [5.74, 6) is 0. The fourth-order valence-electron chi connectivity index (χ4n) is 1.70. The lowest BCUT2D eigenvalue weighted by atomic mass is 9.87. The number of unbranched alkanes of at least 4 members (excludes halogenated alkanes) is 2. The van der Waals surface area contributed by atoms with Gasteiger partial charge in [0.15, 0.2) is 0 Å². The summed E-state index contributed by atoms with van der Waals surface area (Å²) in [5.41, 5.74) is 5.74. The van der Waals surface area contributed by atoms with Crippen molar-refractivity contribution in [3.8, 4) is 0 Å². The molecule has 0 rings (SSSR count). The van der Waals surface area contributed by atoms with Crippen LogP contribution in [0.4, 0.5) is 0 Å². The molecule has 3 N–H and O–H groups in total. The Bertz CT molecular complexity index is 149. The highest BCUT2D eigenvalue weighted by Gasteiger charge is 2.16. The minimum atomic E-state index is 0.406. The molecular formula is C13H30N2O. The number of nitrogens with two attached hydrogens (primary N) is 1. The van der Waals surface area contributed by atoms with Gasteiger partial charge in [-0.1, -0.05) is 40.0 Å². The molecule has 0 aromatic heterocycles. The smallest absolute Gasteiger partial charge is 0.0591 e. The van der Waals surface area contributed by atoms with Crippen LogP contribution in [0.1, 0.15) is 46.5 Å². The molecule has 0 aliphatic rings. The lowest BCUT2D eigenvalue weighted by molar-refractivity contribution is 0.140. The maximum Gasteiger partial charge on any atom is 0.0591 e. The molecular weight excluding hydrogens is 200 g/mol. The van der Waals surface area contributed by atoms with Crippen molar-refractivity contribution in [2.75, 3.05) is 32.8 Å². The van der Waals surface area contributed by atoms with E-state index in [1.807, 2.05) is 0 Å². The van der Waals surface area contributed by atoms with Crippen molar-refractivity contribution < 1.29 is 4.74 Å². The topological polar surface area (TPSA) is 47.3 Å². The van der Waals surface area contributed by atoms with Gasteiger partial charge in [0.25, 0.3) is 0 Å². The van der Waals surface area contributed by atoms with Gasteiger partial charge in [0.2, 0.25) is 0 Å². The molecule has 0 saturated heterocycles. The average Bonchev–Trinajstić information content (AvgIpc) is 2.23.